The van der Waals surface area contributed by atoms with E-state index in [0.717, 1.165) is 13.0 Å². The molecule has 24 heavy (non-hydrogen) atoms. The van der Waals surface area contributed by atoms with Crippen molar-refractivity contribution in [1.82, 2.24) is 19.9 Å². The largest absolute Gasteiger partial charge is 0.391 e. The van der Waals surface area contributed by atoms with E-state index in [4.69, 9.17) is 0 Å². The van der Waals surface area contributed by atoms with Crippen molar-refractivity contribution >= 4 is 34.6 Å². The Morgan fingerprint density at radius 1 is 0.917 bits per heavy atom. The fourth-order valence-electron chi connectivity index (χ4n) is 2.07. The highest BCUT2D eigenvalue weighted by molar-refractivity contribution is 5.94. The topological polar surface area (TPSA) is 120 Å². The molecule has 0 spiro atoms. The predicted octanol–water partition coefficient (Wildman–Crippen LogP) is 1.51. The molecule has 0 aliphatic rings. The van der Waals surface area contributed by atoms with Crippen LogP contribution in [0.3, 0.4) is 0 Å². The lowest BCUT2D eigenvalue weighted by molar-refractivity contribution is 0.177. The van der Waals surface area contributed by atoms with Gasteiger partial charge >= 0.3 is 0 Å². The molecule has 0 amide bonds. The summed E-state index contributed by atoms with van der Waals surface area (Å²) < 4.78 is 0. The van der Waals surface area contributed by atoms with Crippen LogP contribution < -0.4 is 21.3 Å². The first-order chi connectivity index (χ1) is 11.5. The number of aliphatic hydroxyl groups excluding tert-OH is 1. The first-order valence-corrected chi connectivity index (χ1v) is 8.13. The third-order valence-corrected chi connectivity index (χ3v) is 3.63. The number of anilines is 4. The third-order valence-electron chi connectivity index (χ3n) is 3.63. The molecule has 2 aromatic heterocycles. The summed E-state index contributed by atoms with van der Waals surface area (Å²) in [7, 11) is 3.57. The van der Waals surface area contributed by atoms with Crippen molar-refractivity contribution in [3.8, 4) is 0 Å². The van der Waals surface area contributed by atoms with Crippen molar-refractivity contribution in [3.63, 3.8) is 0 Å². The summed E-state index contributed by atoms with van der Waals surface area (Å²) in [6.07, 6.45) is 0.453. The van der Waals surface area contributed by atoms with Gasteiger partial charge in [-0.15, -0.1) is 0 Å². The van der Waals surface area contributed by atoms with E-state index < -0.39 is 6.10 Å². The first-order valence-electron chi connectivity index (χ1n) is 8.13. The van der Waals surface area contributed by atoms with Crippen LogP contribution in [-0.4, -0.2) is 57.8 Å². The number of hydrogen-bond donors (Lipinski definition) is 5. The second kappa shape index (κ2) is 7.91. The molecule has 2 atom stereocenters. The van der Waals surface area contributed by atoms with Crippen molar-refractivity contribution in [3.05, 3.63) is 0 Å². The van der Waals surface area contributed by atoms with Gasteiger partial charge in [0.1, 0.15) is 11.0 Å². The predicted molar refractivity (Wildman–Crippen MR) is 97.8 cm³/mol. The molecule has 0 saturated carbocycles. The summed E-state index contributed by atoms with van der Waals surface area (Å²) in [5, 5.41) is 22.0. The number of rotatable bonds is 8. The Bertz CT molecular complexity index is 691. The van der Waals surface area contributed by atoms with Crippen LogP contribution >= 0.6 is 0 Å². The molecule has 0 aliphatic heterocycles. The van der Waals surface area contributed by atoms with Crippen LogP contribution in [0.5, 0.6) is 0 Å². The van der Waals surface area contributed by atoms with Crippen LogP contribution in [0.1, 0.15) is 27.2 Å². The summed E-state index contributed by atoms with van der Waals surface area (Å²) in [6.45, 7) is 6.45. The fourth-order valence-corrected chi connectivity index (χ4v) is 2.07. The number of nitrogens with one attached hydrogen (secondary N) is 4. The lowest BCUT2D eigenvalue weighted by atomic mass is 10.2. The van der Waals surface area contributed by atoms with Gasteiger partial charge in [0.2, 0.25) is 11.9 Å². The Kier molecular flexibility index (Phi) is 5.91. The summed E-state index contributed by atoms with van der Waals surface area (Å²) in [5.41, 5.74) is 1.24. The van der Waals surface area contributed by atoms with Gasteiger partial charge in [0.25, 0.3) is 0 Å². The molecule has 0 bridgehead atoms. The highest BCUT2D eigenvalue weighted by Gasteiger charge is 2.17. The summed E-state index contributed by atoms with van der Waals surface area (Å²) >= 11 is 0. The Balaban J connectivity index is 2.52. The Labute approximate surface area is 141 Å². The molecule has 0 radical (unpaired) electrons. The fraction of sp³-hybridized carbons (Fsp3) is 0.600. The molecule has 2 rings (SSSR count). The standard InChI is InChI=1S/C15H26N8O/c1-6-7-18-14-20-10-11(12(16-4)22-14)21-15(23-13(10)17-5)19-8(2)9(3)24/h8-9,24H,6-7H2,1-5H3,(H2,16,18,20,22)(H2,17,19,21,23). The smallest absolute Gasteiger partial charge is 0.225 e. The van der Waals surface area contributed by atoms with Gasteiger partial charge in [-0.3, -0.25) is 0 Å². The molecule has 0 aliphatic carbocycles. The van der Waals surface area contributed by atoms with Crippen molar-refractivity contribution in [1.29, 1.82) is 0 Å². The summed E-state index contributed by atoms with van der Waals surface area (Å²) in [4.78, 5) is 17.9. The van der Waals surface area contributed by atoms with E-state index in [0.29, 0.717) is 34.6 Å². The van der Waals surface area contributed by atoms with Crippen LogP contribution in [0.25, 0.3) is 11.0 Å². The van der Waals surface area contributed by atoms with Gasteiger partial charge in [-0.25, -0.2) is 9.97 Å². The van der Waals surface area contributed by atoms with Gasteiger partial charge in [-0.2, -0.15) is 9.97 Å². The third kappa shape index (κ3) is 3.91. The van der Waals surface area contributed by atoms with Crippen molar-refractivity contribution in [2.45, 2.75) is 39.3 Å². The van der Waals surface area contributed by atoms with Gasteiger partial charge in [0.05, 0.1) is 12.1 Å². The van der Waals surface area contributed by atoms with E-state index in [2.05, 4.69) is 48.1 Å². The van der Waals surface area contributed by atoms with Gasteiger partial charge in [0, 0.05) is 20.6 Å². The number of nitrogens with zero attached hydrogens (tertiary/aromatic N) is 4. The van der Waals surface area contributed by atoms with Crippen molar-refractivity contribution < 1.29 is 5.11 Å². The van der Waals surface area contributed by atoms with Crippen LogP contribution in [0, 0.1) is 0 Å². The number of fused-ring (bicyclic) bond motifs is 1. The lowest BCUT2D eigenvalue weighted by Gasteiger charge is -2.18. The van der Waals surface area contributed by atoms with E-state index in [-0.39, 0.29) is 6.04 Å². The SMILES string of the molecule is CCCNc1nc(NC)c2nc(NC(C)C(C)O)nc(NC)c2n1. The zero-order valence-electron chi connectivity index (χ0n) is 14.8. The molecule has 9 nitrogen and oxygen atoms in total. The first kappa shape index (κ1) is 17.9. The number of aromatic nitrogens is 4. The monoisotopic (exact) mass is 334 g/mol. The summed E-state index contributed by atoms with van der Waals surface area (Å²) in [5.74, 6) is 2.16. The molecule has 0 saturated heterocycles. The second-order valence-electron chi connectivity index (χ2n) is 5.59. The Morgan fingerprint density at radius 3 is 1.96 bits per heavy atom. The van der Waals surface area contributed by atoms with Gasteiger partial charge in [0.15, 0.2) is 11.6 Å². The maximum absolute atomic E-state index is 9.66. The average molecular weight is 334 g/mol. The number of aliphatic hydroxyl groups is 1. The number of hydrogen-bond acceptors (Lipinski definition) is 9. The Morgan fingerprint density at radius 2 is 1.46 bits per heavy atom. The van der Waals surface area contributed by atoms with Gasteiger partial charge < -0.3 is 26.4 Å². The van der Waals surface area contributed by atoms with Gasteiger partial charge in [-0.1, -0.05) is 6.92 Å². The van der Waals surface area contributed by atoms with Crippen LogP contribution in [0.2, 0.25) is 0 Å². The second-order valence-corrected chi connectivity index (χ2v) is 5.59. The van der Waals surface area contributed by atoms with E-state index in [1.54, 1.807) is 21.0 Å². The zero-order valence-corrected chi connectivity index (χ0v) is 14.8. The minimum absolute atomic E-state index is 0.184. The normalized spacial score (nSPS) is 13.4. The maximum atomic E-state index is 9.66. The molecule has 2 heterocycles. The molecule has 5 N–H and O–H groups in total. The van der Waals surface area contributed by atoms with Crippen LogP contribution in [-0.2, 0) is 0 Å². The molecule has 0 fully saturated rings. The minimum Gasteiger partial charge on any atom is -0.391 e. The van der Waals surface area contributed by atoms with E-state index in [1.807, 2.05) is 6.92 Å². The molecule has 0 aromatic carbocycles. The maximum Gasteiger partial charge on any atom is 0.225 e. The highest BCUT2D eigenvalue weighted by atomic mass is 16.3. The quantitative estimate of drug-likeness (QED) is 0.489. The lowest BCUT2D eigenvalue weighted by Crippen LogP contribution is -2.29. The van der Waals surface area contributed by atoms with Crippen molar-refractivity contribution in [2.24, 2.45) is 0 Å². The molecule has 9 heteroatoms. The van der Waals surface area contributed by atoms with Crippen LogP contribution in [0.15, 0.2) is 0 Å². The van der Waals surface area contributed by atoms with E-state index in [9.17, 15) is 5.11 Å². The molecule has 2 unspecified atom stereocenters. The van der Waals surface area contributed by atoms with Crippen LogP contribution in [0.4, 0.5) is 23.5 Å². The molecule has 132 valence electrons. The average Bonchev–Trinajstić information content (AvgIpc) is 2.58. The Hall–Kier alpha value is -2.42. The zero-order chi connectivity index (χ0) is 17.7. The highest BCUT2D eigenvalue weighted by Crippen LogP contribution is 2.26. The van der Waals surface area contributed by atoms with Gasteiger partial charge in [-0.05, 0) is 20.3 Å². The van der Waals surface area contributed by atoms with Crippen molar-refractivity contribution in [2.75, 3.05) is 41.9 Å². The minimum atomic E-state index is -0.525. The van der Waals surface area contributed by atoms with E-state index in [1.165, 1.54) is 0 Å². The molecule has 2 aromatic rings. The van der Waals surface area contributed by atoms with E-state index >= 15 is 0 Å². The molecular formula is C15H26N8O. The summed E-state index contributed by atoms with van der Waals surface area (Å²) in [6, 6.07) is -0.184. The molecular weight excluding hydrogens is 308 g/mol.